The monoisotopic (exact) mass is 278 g/mol. The van der Waals surface area contributed by atoms with E-state index in [1.807, 2.05) is 13.8 Å². The van der Waals surface area contributed by atoms with Crippen molar-refractivity contribution in [2.75, 3.05) is 11.9 Å². The standard InChI is InChI=1S/C11H13BrF2O/c1-11(2,6-12)7-15-8-3-4-9(13)10(14)5-8/h3-5H,6-7H2,1-2H3. The molecule has 1 aromatic carbocycles. The predicted molar refractivity (Wildman–Crippen MR) is 59.4 cm³/mol. The summed E-state index contributed by atoms with van der Waals surface area (Å²) in [6, 6.07) is 3.54. The van der Waals surface area contributed by atoms with Crippen LogP contribution in [0.1, 0.15) is 13.8 Å². The van der Waals surface area contributed by atoms with E-state index in [4.69, 9.17) is 4.74 Å². The summed E-state index contributed by atoms with van der Waals surface area (Å²) < 4.78 is 30.8. The third-order valence-corrected chi connectivity index (χ3v) is 3.40. The van der Waals surface area contributed by atoms with Gasteiger partial charge in [0.2, 0.25) is 0 Å². The van der Waals surface area contributed by atoms with Gasteiger partial charge in [-0.15, -0.1) is 0 Å². The van der Waals surface area contributed by atoms with Crippen LogP contribution < -0.4 is 4.74 Å². The van der Waals surface area contributed by atoms with Crippen LogP contribution in [0.4, 0.5) is 8.78 Å². The van der Waals surface area contributed by atoms with Gasteiger partial charge in [0.1, 0.15) is 5.75 Å². The molecule has 0 atom stereocenters. The number of alkyl halides is 1. The van der Waals surface area contributed by atoms with Crippen LogP contribution in [-0.2, 0) is 0 Å². The van der Waals surface area contributed by atoms with Gasteiger partial charge in [0.15, 0.2) is 11.6 Å². The molecule has 0 aliphatic heterocycles. The van der Waals surface area contributed by atoms with Gasteiger partial charge in [0, 0.05) is 16.8 Å². The zero-order valence-corrected chi connectivity index (χ0v) is 10.3. The van der Waals surface area contributed by atoms with Gasteiger partial charge in [0.25, 0.3) is 0 Å². The average molecular weight is 279 g/mol. The second kappa shape index (κ2) is 4.92. The number of rotatable bonds is 4. The molecule has 0 aromatic heterocycles. The van der Waals surface area contributed by atoms with Crippen molar-refractivity contribution in [3.8, 4) is 5.75 Å². The Bertz CT molecular complexity index is 339. The Labute approximate surface area is 96.6 Å². The minimum Gasteiger partial charge on any atom is -0.493 e. The summed E-state index contributed by atoms with van der Waals surface area (Å²) in [6.45, 7) is 4.48. The lowest BCUT2D eigenvalue weighted by Crippen LogP contribution is -2.22. The molecule has 15 heavy (non-hydrogen) atoms. The molecule has 0 unspecified atom stereocenters. The second-order valence-electron chi connectivity index (χ2n) is 4.16. The highest BCUT2D eigenvalue weighted by Gasteiger charge is 2.17. The van der Waals surface area contributed by atoms with Crippen molar-refractivity contribution in [3.63, 3.8) is 0 Å². The maximum atomic E-state index is 12.8. The number of ether oxygens (including phenoxy) is 1. The van der Waals surface area contributed by atoms with Crippen molar-refractivity contribution < 1.29 is 13.5 Å². The summed E-state index contributed by atoms with van der Waals surface area (Å²) in [7, 11) is 0. The van der Waals surface area contributed by atoms with E-state index in [0.717, 1.165) is 17.5 Å². The van der Waals surface area contributed by atoms with Gasteiger partial charge in [-0.3, -0.25) is 0 Å². The van der Waals surface area contributed by atoms with Crippen molar-refractivity contribution in [1.29, 1.82) is 0 Å². The summed E-state index contributed by atoms with van der Waals surface area (Å²) in [5.41, 5.74) is -0.0368. The van der Waals surface area contributed by atoms with E-state index in [9.17, 15) is 8.78 Å². The first kappa shape index (κ1) is 12.4. The third-order valence-electron chi connectivity index (χ3n) is 1.88. The van der Waals surface area contributed by atoms with E-state index < -0.39 is 11.6 Å². The van der Waals surface area contributed by atoms with Crippen molar-refractivity contribution in [2.45, 2.75) is 13.8 Å². The van der Waals surface area contributed by atoms with Gasteiger partial charge in [0.05, 0.1) is 6.61 Å². The van der Waals surface area contributed by atoms with Crippen molar-refractivity contribution in [1.82, 2.24) is 0 Å². The number of hydrogen-bond donors (Lipinski definition) is 0. The molecule has 1 rings (SSSR count). The fourth-order valence-electron chi connectivity index (χ4n) is 0.884. The lowest BCUT2D eigenvalue weighted by atomic mass is 9.98. The first-order valence-electron chi connectivity index (χ1n) is 4.58. The molecule has 0 amide bonds. The highest BCUT2D eigenvalue weighted by molar-refractivity contribution is 9.09. The van der Waals surface area contributed by atoms with Crippen LogP contribution in [-0.4, -0.2) is 11.9 Å². The Morgan fingerprint density at radius 1 is 1.27 bits per heavy atom. The molecular formula is C11H13BrF2O. The Morgan fingerprint density at radius 2 is 1.93 bits per heavy atom. The Balaban J connectivity index is 2.62. The van der Waals surface area contributed by atoms with Crippen LogP contribution in [0.5, 0.6) is 5.75 Å². The van der Waals surface area contributed by atoms with Crippen LogP contribution >= 0.6 is 15.9 Å². The van der Waals surface area contributed by atoms with Crippen LogP contribution in [0.15, 0.2) is 18.2 Å². The Morgan fingerprint density at radius 3 is 2.47 bits per heavy atom. The normalized spacial score (nSPS) is 11.5. The molecule has 4 heteroatoms. The Kier molecular flexibility index (Phi) is 4.08. The Hall–Kier alpha value is -0.640. The van der Waals surface area contributed by atoms with E-state index in [1.165, 1.54) is 6.07 Å². The van der Waals surface area contributed by atoms with Gasteiger partial charge < -0.3 is 4.74 Å². The van der Waals surface area contributed by atoms with Crippen LogP contribution in [0.25, 0.3) is 0 Å². The topological polar surface area (TPSA) is 9.23 Å². The zero-order valence-electron chi connectivity index (χ0n) is 8.69. The molecule has 0 saturated heterocycles. The average Bonchev–Trinajstić information content (AvgIpc) is 2.20. The van der Waals surface area contributed by atoms with Crippen molar-refractivity contribution in [2.24, 2.45) is 5.41 Å². The quantitative estimate of drug-likeness (QED) is 0.762. The lowest BCUT2D eigenvalue weighted by Gasteiger charge is -2.21. The molecule has 0 heterocycles. The number of hydrogen-bond acceptors (Lipinski definition) is 1. The summed E-state index contributed by atoms with van der Waals surface area (Å²) >= 11 is 3.36. The summed E-state index contributed by atoms with van der Waals surface area (Å²) in [5, 5.41) is 0.781. The first-order chi connectivity index (χ1) is 6.94. The minimum atomic E-state index is -0.885. The maximum absolute atomic E-state index is 12.8. The lowest BCUT2D eigenvalue weighted by molar-refractivity contribution is 0.202. The van der Waals surface area contributed by atoms with E-state index in [0.29, 0.717) is 12.4 Å². The fourth-order valence-corrected chi connectivity index (χ4v) is 1.05. The van der Waals surface area contributed by atoms with E-state index in [-0.39, 0.29) is 5.41 Å². The third kappa shape index (κ3) is 3.78. The SMILES string of the molecule is CC(C)(CBr)COc1ccc(F)c(F)c1. The number of halogens is 3. The second-order valence-corrected chi connectivity index (χ2v) is 4.72. The van der Waals surface area contributed by atoms with Crippen molar-refractivity contribution in [3.05, 3.63) is 29.8 Å². The molecule has 84 valence electrons. The van der Waals surface area contributed by atoms with Gasteiger partial charge in [-0.2, -0.15) is 0 Å². The molecule has 0 fully saturated rings. The van der Waals surface area contributed by atoms with Crippen LogP contribution in [0.2, 0.25) is 0 Å². The summed E-state index contributed by atoms with van der Waals surface area (Å²) in [4.78, 5) is 0. The smallest absolute Gasteiger partial charge is 0.162 e. The van der Waals surface area contributed by atoms with Crippen molar-refractivity contribution >= 4 is 15.9 Å². The first-order valence-corrected chi connectivity index (χ1v) is 5.70. The van der Waals surface area contributed by atoms with Crippen LogP contribution in [0, 0.1) is 17.0 Å². The molecule has 1 nitrogen and oxygen atoms in total. The maximum Gasteiger partial charge on any atom is 0.162 e. The summed E-state index contributed by atoms with van der Waals surface area (Å²) in [6.07, 6.45) is 0. The molecule has 0 saturated carbocycles. The largest absolute Gasteiger partial charge is 0.493 e. The highest BCUT2D eigenvalue weighted by atomic mass is 79.9. The molecule has 0 aliphatic rings. The zero-order chi connectivity index (χ0) is 11.5. The molecule has 0 aliphatic carbocycles. The molecule has 1 aromatic rings. The minimum absolute atomic E-state index is 0.0368. The van der Waals surface area contributed by atoms with E-state index in [1.54, 1.807) is 0 Å². The molecule has 0 N–H and O–H groups in total. The highest BCUT2D eigenvalue weighted by Crippen LogP contribution is 2.21. The predicted octanol–water partition coefficient (Wildman–Crippen LogP) is 3.76. The fraction of sp³-hybridized carbons (Fsp3) is 0.455. The molecule has 0 radical (unpaired) electrons. The molecule has 0 bridgehead atoms. The van der Waals surface area contributed by atoms with Gasteiger partial charge in [-0.1, -0.05) is 29.8 Å². The van der Waals surface area contributed by atoms with Gasteiger partial charge >= 0.3 is 0 Å². The van der Waals surface area contributed by atoms with E-state index >= 15 is 0 Å². The van der Waals surface area contributed by atoms with E-state index in [2.05, 4.69) is 15.9 Å². The van der Waals surface area contributed by atoms with Crippen LogP contribution in [0.3, 0.4) is 0 Å². The van der Waals surface area contributed by atoms with Gasteiger partial charge in [-0.05, 0) is 12.1 Å². The molecular weight excluding hydrogens is 266 g/mol. The van der Waals surface area contributed by atoms with Gasteiger partial charge in [-0.25, -0.2) is 8.78 Å². The summed E-state index contributed by atoms with van der Waals surface area (Å²) in [5.74, 6) is -1.39. The molecule has 0 spiro atoms. The number of benzene rings is 1.